The van der Waals surface area contributed by atoms with Gasteiger partial charge in [-0.3, -0.25) is 19.8 Å². The van der Waals surface area contributed by atoms with Crippen molar-refractivity contribution < 1.29 is 23.9 Å². The molecule has 2 fully saturated rings. The minimum Gasteiger partial charge on any atom is -0.450 e. The zero-order chi connectivity index (χ0) is 20.9. The van der Waals surface area contributed by atoms with Crippen molar-refractivity contribution in [3.8, 4) is 0 Å². The molecule has 3 rings (SSSR count). The number of amides is 5. The minimum absolute atomic E-state index is 0.149. The Morgan fingerprint density at radius 3 is 2.72 bits per heavy atom. The second kappa shape index (κ2) is 8.93. The normalized spacial score (nSPS) is 17.3. The van der Waals surface area contributed by atoms with Gasteiger partial charge in [-0.05, 0) is 44.4 Å². The van der Waals surface area contributed by atoms with Crippen molar-refractivity contribution in [1.82, 2.24) is 15.5 Å². The molecular formula is C20H26N4O5. The predicted molar refractivity (Wildman–Crippen MR) is 105 cm³/mol. The van der Waals surface area contributed by atoms with Crippen LogP contribution in [0.4, 0.5) is 15.3 Å². The number of urea groups is 1. The predicted octanol–water partition coefficient (Wildman–Crippen LogP) is 2.24. The van der Waals surface area contributed by atoms with Crippen LogP contribution in [-0.4, -0.2) is 54.1 Å². The van der Waals surface area contributed by atoms with Crippen molar-refractivity contribution in [2.75, 3.05) is 25.0 Å². The summed E-state index contributed by atoms with van der Waals surface area (Å²) in [5.74, 6) is -0.453. The van der Waals surface area contributed by atoms with Crippen LogP contribution in [0, 0.1) is 0 Å². The molecular weight excluding hydrogens is 376 g/mol. The number of imide groups is 1. The highest BCUT2D eigenvalue weighted by Gasteiger charge is 2.51. The van der Waals surface area contributed by atoms with Crippen LogP contribution in [0.25, 0.3) is 0 Å². The van der Waals surface area contributed by atoms with Gasteiger partial charge in [-0.25, -0.2) is 9.59 Å². The summed E-state index contributed by atoms with van der Waals surface area (Å²) in [6, 6.07) is 6.15. The van der Waals surface area contributed by atoms with Gasteiger partial charge in [-0.15, -0.1) is 0 Å². The maximum atomic E-state index is 12.6. The van der Waals surface area contributed by atoms with E-state index in [1.54, 1.807) is 31.2 Å². The quantitative estimate of drug-likeness (QED) is 0.478. The monoisotopic (exact) mass is 402 g/mol. The first-order valence-corrected chi connectivity index (χ1v) is 9.91. The Hall–Kier alpha value is -3.10. The molecule has 9 heteroatoms. The van der Waals surface area contributed by atoms with Gasteiger partial charge < -0.3 is 15.4 Å². The van der Waals surface area contributed by atoms with Crippen LogP contribution < -0.4 is 16.0 Å². The smallest absolute Gasteiger partial charge is 0.411 e. The van der Waals surface area contributed by atoms with Crippen LogP contribution in [0.5, 0.6) is 0 Å². The van der Waals surface area contributed by atoms with Gasteiger partial charge in [0.2, 0.25) is 0 Å². The lowest BCUT2D eigenvalue weighted by Crippen LogP contribution is -2.44. The number of hydrogen-bond donors (Lipinski definition) is 3. The Bertz CT molecular complexity index is 804. The number of ether oxygens (including phenoxy) is 1. The van der Waals surface area contributed by atoms with Gasteiger partial charge in [0.15, 0.2) is 0 Å². The second-order valence-electron chi connectivity index (χ2n) is 7.21. The zero-order valence-electron chi connectivity index (χ0n) is 16.5. The SMILES string of the molecule is CCOC(=O)Nc1cccc(C(=O)NCCCN2C(=O)NC3(CCCC3)C2=O)c1. The average molecular weight is 402 g/mol. The first-order chi connectivity index (χ1) is 13.9. The number of carbonyl (C=O) groups excluding carboxylic acids is 4. The molecule has 1 aromatic rings. The van der Waals surface area contributed by atoms with E-state index in [9.17, 15) is 19.2 Å². The molecule has 0 aromatic heterocycles. The standard InChI is InChI=1S/C20H26N4O5/c1-2-29-19(28)22-15-8-5-7-14(13-15)16(25)21-11-6-12-24-17(26)20(23-18(24)27)9-3-4-10-20/h5,7-8,13H,2-4,6,9-12H2,1H3,(H,21,25)(H,22,28)(H,23,27). The summed E-state index contributed by atoms with van der Waals surface area (Å²) in [6.45, 7) is 2.54. The van der Waals surface area contributed by atoms with Gasteiger partial charge in [0.05, 0.1) is 6.61 Å². The van der Waals surface area contributed by atoms with Gasteiger partial charge in [-0.1, -0.05) is 18.9 Å². The lowest BCUT2D eigenvalue weighted by atomic mass is 9.98. The molecule has 1 saturated carbocycles. The van der Waals surface area contributed by atoms with E-state index < -0.39 is 11.6 Å². The van der Waals surface area contributed by atoms with E-state index in [1.165, 1.54) is 4.90 Å². The van der Waals surface area contributed by atoms with E-state index in [-0.39, 0.29) is 31.0 Å². The Morgan fingerprint density at radius 2 is 2.00 bits per heavy atom. The lowest BCUT2D eigenvalue weighted by molar-refractivity contribution is -0.131. The molecule has 9 nitrogen and oxygen atoms in total. The summed E-state index contributed by atoms with van der Waals surface area (Å²) >= 11 is 0. The lowest BCUT2D eigenvalue weighted by Gasteiger charge is -2.20. The number of anilines is 1. The molecule has 2 aliphatic rings. The first kappa shape index (κ1) is 20.6. The fourth-order valence-corrected chi connectivity index (χ4v) is 3.76. The summed E-state index contributed by atoms with van der Waals surface area (Å²) < 4.78 is 4.81. The molecule has 1 aliphatic carbocycles. The van der Waals surface area contributed by atoms with E-state index in [0.717, 1.165) is 12.8 Å². The molecule has 3 N–H and O–H groups in total. The fourth-order valence-electron chi connectivity index (χ4n) is 3.76. The van der Waals surface area contributed by atoms with Crippen LogP contribution >= 0.6 is 0 Å². The summed E-state index contributed by atoms with van der Waals surface area (Å²) in [7, 11) is 0. The highest BCUT2D eigenvalue weighted by Crippen LogP contribution is 2.34. The Morgan fingerprint density at radius 1 is 1.24 bits per heavy atom. The van der Waals surface area contributed by atoms with Gasteiger partial charge in [-0.2, -0.15) is 0 Å². The summed E-state index contributed by atoms with van der Waals surface area (Å²) in [5.41, 5.74) is 0.142. The van der Waals surface area contributed by atoms with Crippen molar-refractivity contribution in [2.24, 2.45) is 0 Å². The summed E-state index contributed by atoms with van der Waals surface area (Å²) in [4.78, 5) is 49.8. The van der Waals surface area contributed by atoms with Gasteiger partial charge >= 0.3 is 12.1 Å². The number of nitrogens with one attached hydrogen (secondary N) is 3. The first-order valence-electron chi connectivity index (χ1n) is 9.91. The molecule has 0 bridgehead atoms. The van der Waals surface area contributed by atoms with Crippen molar-refractivity contribution >= 4 is 29.6 Å². The Balaban J connectivity index is 1.46. The van der Waals surface area contributed by atoms with E-state index in [2.05, 4.69) is 16.0 Å². The van der Waals surface area contributed by atoms with Gasteiger partial charge in [0.1, 0.15) is 5.54 Å². The van der Waals surface area contributed by atoms with E-state index in [4.69, 9.17) is 4.74 Å². The third-order valence-corrected chi connectivity index (χ3v) is 5.19. The molecule has 1 aliphatic heterocycles. The highest BCUT2D eigenvalue weighted by atomic mass is 16.5. The number of benzene rings is 1. The van der Waals surface area contributed by atoms with E-state index in [0.29, 0.717) is 37.1 Å². The van der Waals surface area contributed by atoms with E-state index >= 15 is 0 Å². The van der Waals surface area contributed by atoms with Crippen LogP contribution in [-0.2, 0) is 9.53 Å². The topological polar surface area (TPSA) is 117 Å². The molecule has 0 atom stereocenters. The molecule has 1 aromatic carbocycles. The molecule has 1 saturated heterocycles. The maximum absolute atomic E-state index is 12.6. The maximum Gasteiger partial charge on any atom is 0.411 e. The Labute approximate surface area is 169 Å². The summed E-state index contributed by atoms with van der Waals surface area (Å²) in [6.07, 6.45) is 3.16. The molecule has 156 valence electrons. The number of carbonyl (C=O) groups is 4. The third-order valence-electron chi connectivity index (χ3n) is 5.19. The van der Waals surface area contributed by atoms with Crippen LogP contribution in [0.3, 0.4) is 0 Å². The largest absolute Gasteiger partial charge is 0.450 e. The molecule has 1 spiro atoms. The van der Waals surface area contributed by atoms with Crippen molar-refractivity contribution in [3.63, 3.8) is 0 Å². The highest BCUT2D eigenvalue weighted by molar-refractivity contribution is 6.07. The molecule has 0 radical (unpaired) electrons. The second-order valence-corrected chi connectivity index (χ2v) is 7.21. The minimum atomic E-state index is -0.702. The van der Waals surface area contributed by atoms with Gasteiger partial charge in [0, 0.05) is 24.3 Å². The number of rotatable bonds is 7. The molecule has 0 unspecified atom stereocenters. The van der Waals surface area contributed by atoms with Crippen molar-refractivity contribution in [2.45, 2.75) is 44.6 Å². The van der Waals surface area contributed by atoms with Crippen LogP contribution in [0.1, 0.15) is 49.4 Å². The number of hydrogen-bond acceptors (Lipinski definition) is 5. The van der Waals surface area contributed by atoms with Crippen LogP contribution in [0.2, 0.25) is 0 Å². The van der Waals surface area contributed by atoms with Gasteiger partial charge in [0.25, 0.3) is 11.8 Å². The fraction of sp³-hybridized carbons (Fsp3) is 0.500. The molecule has 5 amide bonds. The zero-order valence-corrected chi connectivity index (χ0v) is 16.5. The van der Waals surface area contributed by atoms with E-state index in [1.807, 2.05) is 0 Å². The van der Waals surface area contributed by atoms with Crippen LogP contribution in [0.15, 0.2) is 24.3 Å². The molecule has 1 heterocycles. The van der Waals surface area contributed by atoms with Crippen molar-refractivity contribution in [1.29, 1.82) is 0 Å². The average Bonchev–Trinajstić information content (AvgIpc) is 3.25. The van der Waals surface area contributed by atoms with Crippen molar-refractivity contribution in [3.05, 3.63) is 29.8 Å². The summed E-state index contributed by atoms with van der Waals surface area (Å²) in [5, 5.41) is 8.15. The third kappa shape index (κ3) is 4.67. The number of nitrogens with zero attached hydrogens (tertiary/aromatic N) is 1. The Kier molecular flexibility index (Phi) is 6.36. The molecule has 29 heavy (non-hydrogen) atoms.